The van der Waals surface area contributed by atoms with Gasteiger partial charge in [-0.05, 0) is 30.2 Å². The topological polar surface area (TPSA) is 33.1 Å². The summed E-state index contributed by atoms with van der Waals surface area (Å²) < 4.78 is 0.754. The summed E-state index contributed by atoms with van der Waals surface area (Å²) in [6.45, 7) is 1.96. The van der Waals surface area contributed by atoms with Crippen molar-refractivity contribution in [2.24, 2.45) is 0 Å². The van der Waals surface area contributed by atoms with E-state index in [9.17, 15) is 5.11 Å². The minimum Gasteiger partial charge on any atom is -0.388 e. The second-order valence-corrected chi connectivity index (χ2v) is 5.52. The number of aryl methyl sites for hydroxylation is 1. The monoisotopic (exact) mass is 253 g/mol. The molecule has 0 fully saturated rings. The molecule has 0 saturated heterocycles. The average molecular weight is 254 g/mol. The van der Waals surface area contributed by atoms with Crippen LogP contribution in [-0.2, 0) is 6.42 Å². The predicted molar refractivity (Wildman–Crippen MR) is 67.0 cm³/mol. The number of rotatable bonds is 3. The third-order valence-electron chi connectivity index (χ3n) is 2.30. The molecule has 2 aromatic rings. The summed E-state index contributed by atoms with van der Waals surface area (Å²) >= 11 is 7.34. The second-order valence-electron chi connectivity index (χ2n) is 3.72. The smallest absolute Gasteiger partial charge is 0.0931 e. The molecule has 2 aromatic heterocycles. The summed E-state index contributed by atoms with van der Waals surface area (Å²) in [4.78, 5) is 5.15. The SMILES string of the molecule is Cc1cncc(C(O)Cc2ccc(Cl)s2)c1. The van der Waals surface area contributed by atoms with Crippen LogP contribution in [0.1, 0.15) is 22.1 Å². The highest BCUT2D eigenvalue weighted by Gasteiger charge is 2.10. The standard InChI is InChI=1S/C12H12ClNOS/c1-8-4-9(7-14-6-8)11(15)5-10-2-3-12(13)16-10/h2-4,6-7,11,15H,5H2,1H3. The summed E-state index contributed by atoms with van der Waals surface area (Å²) in [6.07, 6.45) is 3.55. The lowest BCUT2D eigenvalue weighted by molar-refractivity contribution is 0.179. The Hall–Kier alpha value is -0.900. The van der Waals surface area contributed by atoms with Gasteiger partial charge in [-0.15, -0.1) is 11.3 Å². The van der Waals surface area contributed by atoms with Crippen molar-refractivity contribution in [3.05, 3.63) is 50.9 Å². The van der Waals surface area contributed by atoms with Crippen molar-refractivity contribution in [1.82, 2.24) is 4.98 Å². The maximum absolute atomic E-state index is 10.0. The summed E-state index contributed by atoms with van der Waals surface area (Å²) in [5.41, 5.74) is 1.91. The number of thiophene rings is 1. The van der Waals surface area contributed by atoms with E-state index in [2.05, 4.69) is 4.98 Å². The number of aromatic nitrogens is 1. The van der Waals surface area contributed by atoms with Crippen LogP contribution in [0.5, 0.6) is 0 Å². The Labute approximate surface area is 104 Å². The molecule has 16 heavy (non-hydrogen) atoms. The van der Waals surface area contributed by atoms with E-state index < -0.39 is 6.10 Å². The van der Waals surface area contributed by atoms with Crippen molar-refractivity contribution in [3.63, 3.8) is 0 Å². The van der Waals surface area contributed by atoms with Gasteiger partial charge in [0.25, 0.3) is 0 Å². The molecule has 2 rings (SSSR count). The first-order valence-electron chi connectivity index (χ1n) is 4.99. The van der Waals surface area contributed by atoms with Crippen LogP contribution in [0.2, 0.25) is 4.34 Å². The van der Waals surface area contributed by atoms with Gasteiger partial charge in [0.1, 0.15) is 0 Å². The first-order chi connectivity index (χ1) is 7.65. The molecule has 0 aromatic carbocycles. The first kappa shape index (κ1) is 11.6. The normalized spacial score (nSPS) is 12.7. The van der Waals surface area contributed by atoms with E-state index in [-0.39, 0.29) is 0 Å². The number of halogens is 1. The van der Waals surface area contributed by atoms with E-state index in [0.717, 1.165) is 20.3 Å². The Bertz CT molecular complexity index is 483. The Morgan fingerprint density at radius 1 is 1.44 bits per heavy atom. The van der Waals surface area contributed by atoms with Crippen LogP contribution in [-0.4, -0.2) is 10.1 Å². The second kappa shape index (κ2) is 4.95. The minimum atomic E-state index is -0.512. The molecular weight excluding hydrogens is 242 g/mol. The van der Waals surface area contributed by atoms with Crippen LogP contribution in [0.4, 0.5) is 0 Å². The van der Waals surface area contributed by atoms with Crippen molar-refractivity contribution in [2.45, 2.75) is 19.4 Å². The molecule has 1 atom stereocenters. The molecule has 0 aliphatic carbocycles. The Balaban J connectivity index is 2.11. The maximum Gasteiger partial charge on any atom is 0.0931 e. The van der Waals surface area contributed by atoms with E-state index in [4.69, 9.17) is 11.6 Å². The molecule has 0 spiro atoms. The number of aliphatic hydroxyl groups is 1. The summed E-state index contributed by atoms with van der Waals surface area (Å²) in [5, 5.41) is 10.0. The Morgan fingerprint density at radius 2 is 2.25 bits per heavy atom. The summed E-state index contributed by atoms with van der Waals surface area (Å²) in [7, 11) is 0. The highest BCUT2D eigenvalue weighted by atomic mass is 35.5. The number of pyridine rings is 1. The molecule has 4 heteroatoms. The van der Waals surface area contributed by atoms with Crippen LogP contribution in [0.3, 0.4) is 0 Å². The van der Waals surface area contributed by atoms with E-state index >= 15 is 0 Å². The van der Waals surface area contributed by atoms with Gasteiger partial charge in [0.15, 0.2) is 0 Å². The van der Waals surface area contributed by atoms with Crippen LogP contribution in [0, 0.1) is 6.92 Å². The largest absolute Gasteiger partial charge is 0.388 e. The molecule has 84 valence electrons. The van der Waals surface area contributed by atoms with E-state index in [1.807, 2.05) is 25.1 Å². The fourth-order valence-corrected chi connectivity index (χ4v) is 2.65. The van der Waals surface area contributed by atoms with Gasteiger partial charge in [-0.25, -0.2) is 0 Å². The molecule has 0 saturated carbocycles. The quantitative estimate of drug-likeness (QED) is 0.910. The molecule has 0 aliphatic rings. The van der Waals surface area contributed by atoms with Crippen molar-refractivity contribution in [2.75, 3.05) is 0 Å². The van der Waals surface area contributed by atoms with Crippen LogP contribution in [0.15, 0.2) is 30.6 Å². The Kier molecular flexibility index (Phi) is 3.59. The molecular formula is C12H12ClNOS. The maximum atomic E-state index is 10.0. The number of nitrogens with zero attached hydrogens (tertiary/aromatic N) is 1. The number of aliphatic hydroxyl groups excluding tert-OH is 1. The average Bonchev–Trinajstić information content (AvgIpc) is 2.64. The zero-order valence-electron chi connectivity index (χ0n) is 8.85. The highest BCUT2D eigenvalue weighted by molar-refractivity contribution is 7.16. The third kappa shape index (κ3) is 2.82. The molecule has 1 N–H and O–H groups in total. The molecule has 0 aliphatic heterocycles. The first-order valence-corrected chi connectivity index (χ1v) is 6.18. The highest BCUT2D eigenvalue weighted by Crippen LogP contribution is 2.26. The van der Waals surface area contributed by atoms with Crippen LogP contribution < -0.4 is 0 Å². The molecule has 2 nitrogen and oxygen atoms in total. The lowest BCUT2D eigenvalue weighted by atomic mass is 10.1. The fraction of sp³-hybridized carbons (Fsp3) is 0.250. The Morgan fingerprint density at radius 3 is 2.88 bits per heavy atom. The molecule has 0 bridgehead atoms. The third-order valence-corrected chi connectivity index (χ3v) is 3.56. The lowest BCUT2D eigenvalue weighted by Crippen LogP contribution is -2.01. The summed E-state index contributed by atoms with van der Waals surface area (Å²) in [5.74, 6) is 0. The molecule has 0 amide bonds. The van der Waals surface area contributed by atoms with Crippen LogP contribution in [0.25, 0.3) is 0 Å². The van der Waals surface area contributed by atoms with Crippen molar-refractivity contribution in [3.8, 4) is 0 Å². The number of hydrogen-bond acceptors (Lipinski definition) is 3. The molecule has 2 heterocycles. The molecule has 0 radical (unpaired) electrons. The van der Waals surface area contributed by atoms with Crippen LogP contribution >= 0.6 is 22.9 Å². The van der Waals surface area contributed by atoms with E-state index in [1.165, 1.54) is 11.3 Å². The van der Waals surface area contributed by atoms with Gasteiger partial charge in [-0.3, -0.25) is 4.98 Å². The van der Waals surface area contributed by atoms with Gasteiger partial charge in [0.05, 0.1) is 10.4 Å². The zero-order chi connectivity index (χ0) is 11.5. The van der Waals surface area contributed by atoms with E-state index in [0.29, 0.717) is 6.42 Å². The van der Waals surface area contributed by atoms with Gasteiger partial charge in [-0.2, -0.15) is 0 Å². The predicted octanol–water partition coefficient (Wildman–Crippen LogP) is 3.38. The van der Waals surface area contributed by atoms with Gasteiger partial charge in [0, 0.05) is 23.7 Å². The number of hydrogen-bond donors (Lipinski definition) is 1. The van der Waals surface area contributed by atoms with E-state index in [1.54, 1.807) is 12.4 Å². The van der Waals surface area contributed by atoms with Crippen molar-refractivity contribution in [1.29, 1.82) is 0 Å². The summed E-state index contributed by atoms with van der Waals surface area (Å²) in [6, 6.07) is 5.75. The zero-order valence-corrected chi connectivity index (χ0v) is 10.4. The minimum absolute atomic E-state index is 0.512. The van der Waals surface area contributed by atoms with Gasteiger partial charge < -0.3 is 5.11 Å². The van der Waals surface area contributed by atoms with Gasteiger partial charge in [-0.1, -0.05) is 17.7 Å². The van der Waals surface area contributed by atoms with Crippen molar-refractivity contribution >= 4 is 22.9 Å². The van der Waals surface area contributed by atoms with Crippen molar-refractivity contribution < 1.29 is 5.11 Å². The van der Waals surface area contributed by atoms with Gasteiger partial charge >= 0.3 is 0 Å². The van der Waals surface area contributed by atoms with Gasteiger partial charge in [0.2, 0.25) is 0 Å². The lowest BCUT2D eigenvalue weighted by Gasteiger charge is -2.09. The molecule has 1 unspecified atom stereocenters. The fourth-order valence-electron chi connectivity index (χ4n) is 1.53.